The van der Waals surface area contributed by atoms with E-state index in [2.05, 4.69) is 62.3 Å². The maximum atomic E-state index is 5.30. The van der Waals surface area contributed by atoms with Gasteiger partial charge in [-0.05, 0) is 70.8 Å². The molecule has 7 nitrogen and oxygen atoms in total. The van der Waals surface area contributed by atoms with Gasteiger partial charge in [-0.15, -0.1) is 0 Å². The molecule has 186 valence electrons. The maximum absolute atomic E-state index is 5.30. The zero-order chi connectivity index (χ0) is 24.4. The summed E-state index contributed by atoms with van der Waals surface area (Å²) in [6.45, 7) is 12.7. The first kappa shape index (κ1) is 27.3. The third-order valence-electron chi connectivity index (χ3n) is 5.53. The Morgan fingerprint density at radius 2 is 1.76 bits per heavy atom. The third kappa shape index (κ3) is 9.91. The molecule has 0 unspecified atom stereocenters. The molecule has 3 heterocycles. The van der Waals surface area contributed by atoms with Crippen molar-refractivity contribution in [2.24, 2.45) is 0 Å². The average molecular weight is 467 g/mol. The van der Waals surface area contributed by atoms with E-state index >= 15 is 0 Å². The Morgan fingerprint density at radius 1 is 1.03 bits per heavy atom. The van der Waals surface area contributed by atoms with Crippen LogP contribution in [0.15, 0.2) is 49.0 Å². The number of H-pyrrole nitrogens is 2. The molecule has 0 saturated carbocycles. The normalized spacial score (nSPS) is 14.5. The van der Waals surface area contributed by atoms with Gasteiger partial charge in [0.15, 0.2) is 5.82 Å². The number of nitrogens with one attached hydrogen (secondary N) is 2. The van der Waals surface area contributed by atoms with Crippen molar-refractivity contribution < 1.29 is 4.74 Å². The van der Waals surface area contributed by atoms with Gasteiger partial charge in [0, 0.05) is 23.2 Å². The van der Waals surface area contributed by atoms with Gasteiger partial charge in [-0.3, -0.25) is 15.1 Å². The summed E-state index contributed by atoms with van der Waals surface area (Å²) in [4.78, 5) is 6.62. The fraction of sp³-hybridized carbons (Fsp3) is 0.519. The van der Waals surface area contributed by atoms with Crippen molar-refractivity contribution in [3.8, 4) is 11.4 Å². The number of aromatic amines is 2. The van der Waals surface area contributed by atoms with Crippen LogP contribution in [-0.2, 0) is 4.74 Å². The lowest BCUT2D eigenvalue weighted by Gasteiger charge is -2.18. The highest BCUT2D eigenvalue weighted by Crippen LogP contribution is 2.22. The van der Waals surface area contributed by atoms with Gasteiger partial charge in [-0.1, -0.05) is 44.9 Å². The van der Waals surface area contributed by atoms with Gasteiger partial charge in [-0.2, -0.15) is 10.2 Å². The quantitative estimate of drug-likeness (QED) is 0.238. The molecule has 1 fully saturated rings. The largest absolute Gasteiger partial charge is 0.500 e. The molecule has 1 aliphatic rings. The van der Waals surface area contributed by atoms with Crippen LogP contribution in [0.5, 0.6) is 0 Å². The van der Waals surface area contributed by atoms with E-state index in [1.165, 1.54) is 57.9 Å². The third-order valence-corrected chi connectivity index (χ3v) is 5.53. The predicted octanol–water partition coefficient (Wildman–Crippen LogP) is 6.43. The standard InChI is InChI=1S/C11H21NO.C10H9N5.C6H12/c1-2-10-13-11-9-12-7-5-3-4-6-8-12;1-6-8-4-7(10-11-5-12-15-10)2-3-9(8)14-13-6;1-3-5-6-4-2/h2,10H,3-9,11H2,1H3;2-5H,1H3,(H,13,14)(H,11,12,15);5-6H,3-4H2,1-2H3/b10-2+;;6-5-. The lowest BCUT2D eigenvalue weighted by atomic mass is 10.1. The SMILES string of the molecule is C/C=C/OCCN1CCCCCC1.CC/C=C\CC.Cc1[nH]nc2ccc(-c3ncn[nH]3)cc12. The van der Waals surface area contributed by atoms with E-state index in [1.807, 2.05) is 32.1 Å². The number of benzene rings is 1. The van der Waals surface area contributed by atoms with E-state index in [0.717, 1.165) is 41.1 Å². The van der Waals surface area contributed by atoms with Crippen molar-refractivity contribution in [2.45, 2.75) is 66.2 Å². The number of aryl methyl sites for hydroxylation is 1. The van der Waals surface area contributed by atoms with E-state index < -0.39 is 0 Å². The van der Waals surface area contributed by atoms with Gasteiger partial charge in [0.05, 0.1) is 18.4 Å². The Bertz CT molecular complexity index is 947. The topological polar surface area (TPSA) is 82.7 Å². The summed E-state index contributed by atoms with van der Waals surface area (Å²) in [5.41, 5.74) is 3.05. The highest BCUT2D eigenvalue weighted by Gasteiger charge is 2.07. The van der Waals surface area contributed by atoms with E-state index in [9.17, 15) is 0 Å². The van der Waals surface area contributed by atoms with Crippen LogP contribution in [0.1, 0.15) is 65.0 Å². The lowest BCUT2D eigenvalue weighted by Crippen LogP contribution is -2.28. The molecule has 0 bridgehead atoms. The summed E-state index contributed by atoms with van der Waals surface area (Å²) >= 11 is 0. The van der Waals surface area contributed by atoms with Gasteiger partial charge < -0.3 is 4.74 Å². The van der Waals surface area contributed by atoms with Gasteiger partial charge in [0.2, 0.25) is 0 Å². The second-order valence-electron chi connectivity index (χ2n) is 8.30. The first-order valence-electron chi connectivity index (χ1n) is 12.6. The Labute approximate surface area is 204 Å². The van der Waals surface area contributed by atoms with E-state index in [4.69, 9.17) is 4.74 Å². The van der Waals surface area contributed by atoms with Crippen molar-refractivity contribution in [1.82, 2.24) is 30.3 Å². The predicted molar refractivity (Wildman–Crippen MR) is 142 cm³/mol. The molecule has 1 aromatic carbocycles. The van der Waals surface area contributed by atoms with Crippen LogP contribution in [0.4, 0.5) is 0 Å². The number of ether oxygens (including phenoxy) is 1. The second kappa shape index (κ2) is 16.6. The van der Waals surface area contributed by atoms with E-state index in [-0.39, 0.29) is 0 Å². The summed E-state index contributed by atoms with van der Waals surface area (Å²) in [7, 11) is 0. The number of likely N-dealkylation sites (tertiary alicyclic amines) is 1. The van der Waals surface area contributed by atoms with Crippen LogP contribution in [0.3, 0.4) is 0 Å². The first-order valence-corrected chi connectivity index (χ1v) is 12.6. The number of hydrogen-bond acceptors (Lipinski definition) is 5. The van der Waals surface area contributed by atoms with Gasteiger partial charge in [0.1, 0.15) is 6.33 Å². The van der Waals surface area contributed by atoms with Crippen molar-refractivity contribution in [3.63, 3.8) is 0 Å². The fourth-order valence-corrected chi connectivity index (χ4v) is 3.67. The smallest absolute Gasteiger partial charge is 0.155 e. The molecule has 34 heavy (non-hydrogen) atoms. The lowest BCUT2D eigenvalue weighted by molar-refractivity contribution is 0.180. The number of nitrogens with zero attached hydrogens (tertiary/aromatic N) is 4. The molecule has 0 atom stereocenters. The van der Waals surface area contributed by atoms with Crippen LogP contribution >= 0.6 is 0 Å². The molecule has 2 N–H and O–H groups in total. The first-order chi connectivity index (χ1) is 16.7. The number of rotatable bonds is 7. The number of allylic oxidation sites excluding steroid dienone is 3. The van der Waals surface area contributed by atoms with Gasteiger partial charge in [0.25, 0.3) is 0 Å². The average Bonchev–Trinajstić information content (AvgIpc) is 3.45. The summed E-state index contributed by atoms with van der Waals surface area (Å²) in [5.74, 6) is 0.775. The monoisotopic (exact) mass is 466 g/mol. The molecule has 4 rings (SSSR count). The van der Waals surface area contributed by atoms with Gasteiger partial charge in [-0.25, -0.2) is 4.98 Å². The highest BCUT2D eigenvalue weighted by molar-refractivity contribution is 5.85. The number of hydrogen-bond donors (Lipinski definition) is 2. The molecule has 0 radical (unpaired) electrons. The molecule has 7 heteroatoms. The zero-order valence-corrected chi connectivity index (χ0v) is 21.4. The van der Waals surface area contributed by atoms with Gasteiger partial charge >= 0.3 is 0 Å². The Hall–Kier alpha value is -2.93. The van der Waals surface area contributed by atoms with Crippen molar-refractivity contribution in [1.29, 1.82) is 0 Å². The number of aromatic nitrogens is 5. The molecule has 1 saturated heterocycles. The Morgan fingerprint density at radius 3 is 2.38 bits per heavy atom. The van der Waals surface area contributed by atoms with Crippen molar-refractivity contribution in [2.75, 3.05) is 26.2 Å². The minimum absolute atomic E-state index is 0.775. The van der Waals surface area contributed by atoms with Crippen LogP contribution < -0.4 is 0 Å². The molecule has 0 amide bonds. The fourth-order valence-electron chi connectivity index (χ4n) is 3.67. The minimum Gasteiger partial charge on any atom is -0.500 e. The number of fused-ring (bicyclic) bond motifs is 1. The molecule has 1 aliphatic heterocycles. The molecular weight excluding hydrogens is 424 g/mol. The summed E-state index contributed by atoms with van der Waals surface area (Å²) in [5, 5.41) is 14.9. The molecular formula is C27H42N6O. The second-order valence-corrected chi connectivity index (χ2v) is 8.30. The molecule has 3 aromatic rings. The zero-order valence-electron chi connectivity index (χ0n) is 21.4. The van der Waals surface area contributed by atoms with Crippen LogP contribution in [0.2, 0.25) is 0 Å². The van der Waals surface area contributed by atoms with E-state index in [0.29, 0.717) is 0 Å². The van der Waals surface area contributed by atoms with Crippen molar-refractivity contribution >= 4 is 10.9 Å². The van der Waals surface area contributed by atoms with E-state index in [1.54, 1.807) is 6.26 Å². The Kier molecular flexibility index (Phi) is 13.4. The molecule has 0 spiro atoms. The maximum Gasteiger partial charge on any atom is 0.155 e. The Balaban J connectivity index is 0.000000197. The van der Waals surface area contributed by atoms with Crippen LogP contribution in [0, 0.1) is 6.92 Å². The molecule has 2 aromatic heterocycles. The highest BCUT2D eigenvalue weighted by atomic mass is 16.5. The van der Waals surface area contributed by atoms with Crippen LogP contribution in [0.25, 0.3) is 22.3 Å². The summed E-state index contributed by atoms with van der Waals surface area (Å²) in [6, 6.07) is 5.99. The van der Waals surface area contributed by atoms with Crippen molar-refractivity contribution in [3.05, 3.63) is 54.7 Å². The minimum atomic E-state index is 0.775. The molecule has 0 aliphatic carbocycles. The summed E-state index contributed by atoms with van der Waals surface area (Å²) in [6.07, 6.45) is 17.5. The van der Waals surface area contributed by atoms with Crippen LogP contribution in [-0.4, -0.2) is 56.5 Å². The summed E-state index contributed by atoms with van der Waals surface area (Å²) < 4.78 is 5.30.